The molecule has 3 rings (SSSR count). The summed E-state index contributed by atoms with van der Waals surface area (Å²) in [4.78, 5) is 34.2. The smallest absolute Gasteiger partial charge is 0.298 e. The summed E-state index contributed by atoms with van der Waals surface area (Å²) in [6.07, 6.45) is 0.433. The van der Waals surface area contributed by atoms with E-state index in [-0.39, 0.29) is 24.4 Å². The quantitative estimate of drug-likeness (QED) is 0.439. The Morgan fingerprint density at radius 1 is 1.32 bits per heavy atom. The zero-order valence-corrected chi connectivity index (χ0v) is 15.7. The summed E-state index contributed by atoms with van der Waals surface area (Å²) < 4.78 is 7.22. The van der Waals surface area contributed by atoms with E-state index in [1.165, 1.54) is 6.07 Å². The molecule has 0 fully saturated rings. The van der Waals surface area contributed by atoms with Gasteiger partial charge < -0.3 is 25.5 Å². The van der Waals surface area contributed by atoms with E-state index in [2.05, 4.69) is 20.1 Å². The summed E-state index contributed by atoms with van der Waals surface area (Å²) >= 11 is 0. The Morgan fingerprint density at radius 2 is 2.11 bits per heavy atom. The number of hydrogen-bond acceptors (Lipinski definition) is 5. The zero-order chi connectivity index (χ0) is 20.3. The lowest BCUT2D eigenvalue weighted by Gasteiger charge is -2.07. The number of nitrogens with zero attached hydrogens (tertiary/aromatic N) is 3. The molecular formula is C18H22N6O4. The summed E-state index contributed by atoms with van der Waals surface area (Å²) in [6.45, 7) is 4.48. The SMILES string of the molecule is CCn1nc(C)cc1C(=O)N=c1[nH]c2cc(C(N)=O)cc(OCCCO)c2[nH]1. The third-order valence-electron chi connectivity index (χ3n) is 4.08. The highest BCUT2D eigenvalue weighted by Crippen LogP contribution is 2.24. The average Bonchev–Trinajstić information content (AvgIpc) is 3.24. The van der Waals surface area contributed by atoms with Crippen molar-refractivity contribution in [1.82, 2.24) is 19.7 Å². The summed E-state index contributed by atoms with van der Waals surface area (Å²) in [5.41, 5.74) is 7.99. The lowest BCUT2D eigenvalue weighted by Crippen LogP contribution is -2.14. The van der Waals surface area contributed by atoms with Crippen LogP contribution in [0.5, 0.6) is 5.75 Å². The summed E-state index contributed by atoms with van der Waals surface area (Å²) in [7, 11) is 0. The molecule has 0 aliphatic heterocycles. The monoisotopic (exact) mass is 386 g/mol. The second kappa shape index (κ2) is 8.09. The van der Waals surface area contributed by atoms with E-state index >= 15 is 0 Å². The minimum absolute atomic E-state index is 0.0187. The molecule has 5 N–H and O–H groups in total. The van der Waals surface area contributed by atoms with Crippen molar-refractivity contribution >= 4 is 22.8 Å². The van der Waals surface area contributed by atoms with Crippen LogP contribution in [0, 0.1) is 6.92 Å². The highest BCUT2D eigenvalue weighted by atomic mass is 16.5. The molecule has 148 valence electrons. The molecule has 10 heteroatoms. The second-order valence-electron chi connectivity index (χ2n) is 6.19. The predicted octanol–water partition coefficient (Wildman–Crippen LogP) is 0.622. The van der Waals surface area contributed by atoms with E-state index in [4.69, 9.17) is 15.6 Å². The van der Waals surface area contributed by atoms with Gasteiger partial charge in [-0.05, 0) is 32.0 Å². The molecule has 0 unspecified atom stereocenters. The number of aliphatic hydroxyl groups is 1. The molecule has 10 nitrogen and oxygen atoms in total. The summed E-state index contributed by atoms with van der Waals surface area (Å²) in [5.74, 6) is -0.692. The molecule has 0 saturated carbocycles. The Hall–Kier alpha value is -3.40. The number of nitrogens with one attached hydrogen (secondary N) is 2. The van der Waals surface area contributed by atoms with Crippen LogP contribution in [0.25, 0.3) is 11.0 Å². The largest absolute Gasteiger partial charge is 0.491 e. The number of benzene rings is 1. The molecule has 0 aliphatic carbocycles. The van der Waals surface area contributed by atoms with Crippen LogP contribution in [-0.2, 0) is 6.54 Å². The molecule has 0 atom stereocenters. The number of imidazole rings is 1. The number of primary amides is 1. The number of carbonyl (C=O) groups excluding carboxylic acids is 2. The molecule has 0 aliphatic rings. The van der Waals surface area contributed by atoms with E-state index in [1.54, 1.807) is 23.7 Å². The first-order chi connectivity index (χ1) is 13.4. The van der Waals surface area contributed by atoms with E-state index in [1.807, 2.05) is 6.92 Å². The van der Waals surface area contributed by atoms with Crippen LogP contribution in [0.1, 0.15) is 39.9 Å². The van der Waals surface area contributed by atoms with E-state index in [0.29, 0.717) is 35.4 Å². The number of hydrogen-bond donors (Lipinski definition) is 4. The number of nitrogens with two attached hydrogens (primary N) is 1. The molecule has 0 spiro atoms. The number of aromatic nitrogens is 4. The minimum atomic E-state index is -0.611. The van der Waals surface area contributed by atoms with Crippen LogP contribution in [0.4, 0.5) is 0 Å². The number of ether oxygens (including phenoxy) is 1. The lowest BCUT2D eigenvalue weighted by molar-refractivity contribution is 0.0983. The van der Waals surface area contributed by atoms with Crippen molar-refractivity contribution in [1.29, 1.82) is 0 Å². The highest BCUT2D eigenvalue weighted by Gasteiger charge is 2.14. The molecular weight excluding hydrogens is 364 g/mol. The van der Waals surface area contributed by atoms with Crippen molar-refractivity contribution in [2.45, 2.75) is 26.8 Å². The van der Waals surface area contributed by atoms with Crippen LogP contribution in [0.15, 0.2) is 23.2 Å². The Morgan fingerprint density at radius 3 is 2.79 bits per heavy atom. The van der Waals surface area contributed by atoms with Gasteiger partial charge >= 0.3 is 0 Å². The van der Waals surface area contributed by atoms with Gasteiger partial charge in [-0.15, -0.1) is 0 Å². The second-order valence-corrected chi connectivity index (χ2v) is 6.19. The van der Waals surface area contributed by atoms with Crippen LogP contribution >= 0.6 is 0 Å². The molecule has 2 amide bonds. The van der Waals surface area contributed by atoms with Gasteiger partial charge in [0.1, 0.15) is 17.0 Å². The third kappa shape index (κ3) is 3.96. The van der Waals surface area contributed by atoms with Crippen molar-refractivity contribution in [3.63, 3.8) is 0 Å². The van der Waals surface area contributed by atoms with Crippen LogP contribution in [0.2, 0.25) is 0 Å². The van der Waals surface area contributed by atoms with E-state index < -0.39 is 11.8 Å². The number of aryl methyl sites for hydroxylation is 2. The molecule has 2 aromatic heterocycles. The van der Waals surface area contributed by atoms with Gasteiger partial charge in [-0.2, -0.15) is 10.1 Å². The number of H-pyrrole nitrogens is 2. The highest BCUT2D eigenvalue weighted by molar-refractivity contribution is 5.98. The first kappa shape index (κ1) is 19.4. The Labute approximate surface area is 160 Å². The van der Waals surface area contributed by atoms with Gasteiger partial charge in [-0.1, -0.05) is 0 Å². The van der Waals surface area contributed by atoms with Crippen molar-refractivity contribution in [3.05, 3.63) is 40.8 Å². The van der Waals surface area contributed by atoms with Gasteiger partial charge in [0.2, 0.25) is 11.5 Å². The first-order valence-electron chi connectivity index (χ1n) is 8.86. The number of fused-ring (bicyclic) bond motifs is 1. The third-order valence-corrected chi connectivity index (χ3v) is 4.08. The normalized spacial score (nSPS) is 11.9. The number of carbonyl (C=O) groups is 2. The fraction of sp³-hybridized carbons (Fsp3) is 0.333. The lowest BCUT2D eigenvalue weighted by atomic mass is 10.2. The van der Waals surface area contributed by atoms with Crippen LogP contribution < -0.4 is 16.1 Å². The fourth-order valence-corrected chi connectivity index (χ4v) is 2.80. The molecule has 0 bridgehead atoms. The van der Waals surface area contributed by atoms with Crippen molar-refractivity contribution < 1.29 is 19.4 Å². The predicted molar refractivity (Wildman–Crippen MR) is 101 cm³/mol. The number of amides is 2. The van der Waals surface area contributed by atoms with Crippen molar-refractivity contribution in [2.24, 2.45) is 10.7 Å². The number of rotatable bonds is 7. The van der Waals surface area contributed by atoms with Gasteiger partial charge in [0, 0.05) is 25.1 Å². The molecule has 3 aromatic rings. The van der Waals surface area contributed by atoms with Gasteiger partial charge in [0.25, 0.3) is 5.91 Å². The summed E-state index contributed by atoms with van der Waals surface area (Å²) in [5, 5.41) is 13.2. The Bertz CT molecular complexity index is 1090. The maximum Gasteiger partial charge on any atom is 0.298 e. The van der Waals surface area contributed by atoms with Crippen LogP contribution in [0.3, 0.4) is 0 Å². The topological polar surface area (TPSA) is 151 Å². The fourth-order valence-electron chi connectivity index (χ4n) is 2.80. The first-order valence-corrected chi connectivity index (χ1v) is 8.86. The van der Waals surface area contributed by atoms with Gasteiger partial charge in [-0.3, -0.25) is 14.3 Å². The molecule has 28 heavy (non-hydrogen) atoms. The molecule has 1 aromatic carbocycles. The minimum Gasteiger partial charge on any atom is -0.491 e. The Kier molecular flexibility index (Phi) is 5.59. The van der Waals surface area contributed by atoms with Gasteiger partial charge in [0.15, 0.2) is 0 Å². The van der Waals surface area contributed by atoms with E-state index in [0.717, 1.165) is 5.69 Å². The van der Waals surface area contributed by atoms with Crippen LogP contribution in [-0.4, -0.2) is 49.9 Å². The standard InChI is InChI=1S/C18H22N6O4/c1-3-24-13(7-10(2)23-24)17(27)22-18-20-12-8-11(16(19)26)9-14(15(12)21-18)28-6-4-5-25/h7-9,25H,3-6H2,1-2H3,(H2,19,26)(H2,20,21,22,27). The number of aromatic amines is 2. The van der Waals surface area contributed by atoms with E-state index in [9.17, 15) is 9.59 Å². The summed E-state index contributed by atoms with van der Waals surface area (Å²) in [6, 6.07) is 4.73. The van der Waals surface area contributed by atoms with Gasteiger partial charge in [-0.25, -0.2) is 0 Å². The molecule has 0 radical (unpaired) electrons. The Balaban J connectivity index is 2.04. The molecule has 0 saturated heterocycles. The average molecular weight is 386 g/mol. The maximum absolute atomic E-state index is 12.6. The maximum atomic E-state index is 12.6. The molecule has 2 heterocycles. The van der Waals surface area contributed by atoms with Crippen molar-refractivity contribution in [3.8, 4) is 5.75 Å². The van der Waals surface area contributed by atoms with Gasteiger partial charge in [0.05, 0.1) is 17.8 Å². The zero-order valence-electron chi connectivity index (χ0n) is 15.7. The van der Waals surface area contributed by atoms with Crippen molar-refractivity contribution in [2.75, 3.05) is 13.2 Å². The number of aliphatic hydroxyl groups excluding tert-OH is 1.